The van der Waals surface area contributed by atoms with Gasteiger partial charge in [0.2, 0.25) is 5.91 Å². The molecule has 0 saturated heterocycles. The van der Waals surface area contributed by atoms with Gasteiger partial charge in [-0.15, -0.1) is 0 Å². The van der Waals surface area contributed by atoms with Crippen molar-refractivity contribution in [1.82, 2.24) is 0 Å². The zero-order valence-corrected chi connectivity index (χ0v) is 7.25. The summed E-state index contributed by atoms with van der Waals surface area (Å²) in [4.78, 5) is 10.2. The number of amides is 1. The van der Waals surface area contributed by atoms with Crippen molar-refractivity contribution in [2.75, 3.05) is 11.5 Å². The standard InChI is InChI=1S/C7H15NOS/c1-2-3-5-10-6-4-7(8)9/h2-6H2,1H3,(H2,8,9). The van der Waals surface area contributed by atoms with Crippen LogP contribution in [0.15, 0.2) is 0 Å². The number of hydrogen-bond donors (Lipinski definition) is 1. The summed E-state index contributed by atoms with van der Waals surface area (Å²) in [5.74, 6) is 1.85. The van der Waals surface area contributed by atoms with E-state index in [1.54, 1.807) is 11.8 Å². The largest absolute Gasteiger partial charge is 0.370 e. The lowest BCUT2D eigenvalue weighted by molar-refractivity contribution is -0.117. The third-order valence-electron chi connectivity index (χ3n) is 1.14. The van der Waals surface area contributed by atoms with Crippen LogP contribution >= 0.6 is 11.8 Å². The van der Waals surface area contributed by atoms with Crippen molar-refractivity contribution in [1.29, 1.82) is 0 Å². The zero-order chi connectivity index (χ0) is 7.82. The summed E-state index contributed by atoms with van der Waals surface area (Å²) >= 11 is 1.81. The number of nitrogens with two attached hydrogens (primary N) is 1. The Morgan fingerprint density at radius 2 is 2.20 bits per heavy atom. The van der Waals surface area contributed by atoms with Crippen molar-refractivity contribution >= 4 is 17.7 Å². The topological polar surface area (TPSA) is 43.1 Å². The van der Waals surface area contributed by atoms with Crippen LogP contribution in [0.4, 0.5) is 0 Å². The van der Waals surface area contributed by atoms with E-state index in [0.29, 0.717) is 6.42 Å². The molecule has 2 nitrogen and oxygen atoms in total. The van der Waals surface area contributed by atoms with Crippen LogP contribution in [-0.4, -0.2) is 17.4 Å². The number of rotatable bonds is 6. The summed E-state index contributed by atoms with van der Waals surface area (Å²) in [6, 6.07) is 0. The monoisotopic (exact) mass is 161 g/mol. The molecule has 0 atom stereocenters. The third kappa shape index (κ3) is 7.82. The molecule has 0 heterocycles. The molecule has 2 N–H and O–H groups in total. The predicted molar refractivity (Wildman–Crippen MR) is 46.0 cm³/mol. The van der Waals surface area contributed by atoms with Crippen LogP contribution in [-0.2, 0) is 4.79 Å². The Bertz CT molecular complexity index is 95.6. The molecule has 0 saturated carbocycles. The highest BCUT2D eigenvalue weighted by Crippen LogP contribution is 2.04. The molecule has 10 heavy (non-hydrogen) atoms. The molecule has 0 aromatic carbocycles. The quantitative estimate of drug-likeness (QED) is 0.598. The number of hydrogen-bond acceptors (Lipinski definition) is 2. The van der Waals surface area contributed by atoms with Gasteiger partial charge in [0.1, 0.15) is 0 Å². The molecule has 0 aliphatic carbocycles. The first-order chi connectivity index (χ1) is 4.77. The third-order valence-corrected chi connectivity index (χ3v) is 2.21. The second-order valence-electron chi connectivity index (χ2n) is 2.18. The fourth-order valence-corrected chi connectivity index (χ4v) is 1.56. The van der Waals surface area contributed by atoms with Crippen molar-refractivity contribution in [3.05, 3.63) is 0 Å². The van der Waals surface area contributed by atoms with Crippen molar-refractivity contribution in [2.45, 2.75) is 26.2 Å². The van der Waals surface area contributed by atoms with Crippen molar-refractivity contribution < 1.29 is 4.79 Å². The van der Waals surface area contributed by atoms with Crippen LogP contribution in [0, 0.1) is 0 Å². The van der Waals surface area contributed by atoms with E-state index >= 15 is 0 Å². The van der Waals surface area contributed by atoms with Crippen molar-refractivity contribution in [3.8, 4) is 0 Å². The Balaban J connectivity index is 2.84. The zero-order valence-electron chi connectivity index (χ0n) is 6.43. The molecule has 3 heteroatoms. The van der Waals surface area contributed by atoms with E-state index < -0.39 is 0 Å². The minimum Gasteiger partial charge on any atom is -0.370 e. The van der Waals surface area contributed by atoms with E-state index in [1.165, 1.54) is 12.8 Å². The van der Waals surface area contributed by atoms with Gasteiger partial charge in [0.15, 0.2) is 0 Å². The van der Waals surface area contributed by atoms with Gasteiger partial charge in [-0.25, -0.2) is 0 Å². The van der Waals surface area contributed by atoms with E-state index in [2.05, 4.69) is 6.92 Å². The SMILES string of the molecule is CCCCSCCC(N)=O. The lowest BCUT2D eigenvalue weighted by Crippen LogP contribution is -2.10. The lowest BCUT2D eigenvalue weighted by atomic mass is 10.4. The van der Waals surface area contributed by atoms with E-state index in [9.17, 15) is 4.79 Å². The summed E-state index contributed by atoms with van der Waals surface area (Å²) in [6.07, 6.45) is 2.99. The van der Waals surface area contributed by atoms with Gasteiger partial charge < -0.3 is 5.73 Å². The predicted octanol–water partition coefficient (Wildman–Crippen LogP) is 1.40. The molecule has 0 radical (unpaired) electrons. The van der Waals surface area contributed by atoms with Crippen molar-refractivity contribution in [2.24, 2.45) is 5.73 Å². The highest BCUT2D eigenvalue weighted by atomic mass is 32.2. The first kappa shape index (κ1) is 9.82. The van der Waals surface area contributed by atoms with Crippen LogP contribution < -0.4 is 5.73 Å². The molecule has 0 fully saturated rings. The first-order valence-electron chi connectivity index (χ1n) is 3.63. The second kappa shape index (κ2) is 6.93. The maximum atomic E-state index is 10.2. The summed E-state index contributed by atoms with van der Waals surface area (Å²) in [5, 5.41) is 0. The lowest BCUT2D eigenvalue weighted by Gasteiger charge is -1.96. The first-order valence-corrected chi connectivity index (χ1v) is 4.79. The summed E-state index contributed by atoms with van der Waals surface area (Å²) < 4.78 is 0. The average molecular weight is 161 g/mol. The number of unbranched alkanes of at least 4 members (excludes halogenated alkanes) is 1. The van der Waals surface area contributed by atoms with Gasteiger partial charge in [-0.1, -0.05) is 13.3 Å². The van der Waals surface area contributed by atoms with Crippen LogP contribution in [0.2, 0.25) is 0 Å². The highest BCUT2D eigenvalue weighted by molar-refractivity contribution is 7.99. The van der Waals surface area contributed by atoms with E-state index in [4.69, 9.17) is 5.73 Å². The molecular weight excluding hydrogens is 146 g/mol. The Kier molecular flexibility index (Phi) is 6.81. The molecule has 0 aromatic heterocycles. The fraction of sp³-hybridized carbons (Fsp3) is 0.857. The van der Waals surface area contributed by atoms with Gasteiger partial charge in [-0.05, 0) is 12.2 Å². The number of primary amides is 1. The Hall–Kier alpha value is -0.180. The van der Waals surface area contributed by atoms with Crippen molar-refractivity contribution in [3.63, 3.8) is 0 Å². The van der Waals surface area contributed by atoms with Crippen LogP contribution in [0.1, 0.15) is 26.2 Å². The Labute approximate surface area is 66.6 Å². The van der Waals surface area contributed by atoms with Gasteiger partial charge in [0.25, 0.3) is 0 Å². The van der Waals surface area contributed by atoms with Gasteiger partial charge in [0.05, 0.1) is 0 Å². The van der Waals surface area contributed by atoms with Gasteiger partial charge in [0, 0.05) is 12.2 Å². The molecule has 0 bridgehead atoms. The molecule has 0 aromatic rings. The average Bonchev–Trinajstić information content (AvgIpc) is 1.87. The maximum Gasteiger partial charge on any atom is 0.218 e. The fourth-order valence-electron chi connectivity index (χ4n) is 0.521. The highest BCUT2D eigenvalue weighted by Gasteiger charge is 1.92. The number of carbonyl (C=O) groups is 1. The molecule has 0 aliphatic heterocycles. The molecule has 1 amide bonds. The number of thioether (sulfide) groups is 1. The molecule has 60 valence electrons. The molecule has 0 aliphatic rings. The Morgan fingerprint density at radius 3 is 2.70 bits per heavy atom. The van der Waals surface area contributed by atoms with E-state index in [1.807, 2.05) is 0 Å². The minimum atomic E-state index is -0.191. The smallest absolute Gasteiger partial charge is 0.218 e. The minimum absolute atomic E-state index is 0.191. The van der Waals surface area contributed by atoms with Crippen LogP contribution in [0.3, 0.4) is 0 Å². The molecule has 0 spiro atoms. The Morgan fingerprint density at radius 1 is 1.50 bits per heavy atom. The maximum absolute atomic E-state index is 10.2. The second-order valence-corrected chi connectivity index (χ2v) is 3.41. The molecule has 0 rings (SSSR count). The van der Waals surface area contributed by atoms with Gasteiger partial charge >= 0.3 is 0 Å². The van der Waals surface area contributed by atoms with E-state index in [0.717, 1.165) is 11.5 Å². The molecule has 0 unspecified atom stereocenters. The van der Waals surface area contributed by atoms with E-state index in [-0.39, 0.29) is 5.91 Å². The summed E-state index contributed by atoms with van der Waals surface area (Å²) in [5.41, 5.74) is 4.95. The summed E-state index contributed by atoms with van der Waals surface area (Å²) in [6.45, 7) is 2.16. The van der Waals surface area contributed by atoms with Crippen LogP contribution in [0.25, 0.3) is 0 Å². The number of carbonyl (C=O) groups excluding carboxylic acids is 1. The summed E-state index contributed by atoms with van der Waals surface area (Å²) in [7, 11) is 0. The van der Waals surface area contributed by atoms with Gasteiger partial charge in [-0.2, -0.15) is 11.8 Å². The molecular formula is C7H15NOS. The van der Waals surface area contributed by atoms with Crippen LogP contribution in [0.5, 0.6) is 0 Å². The van der Waals surface area contributed by atoms with Gasteiger partial charge in [-0.3, -0.25) is 4.79 Å². The normalized spacial score (nSPS) is 9.70.